The predicted molar refractivity (Wildman–Crippen MR) is 40.0 cm³/mol. The van der Waals surface area contributed by atoms with Crippen molar-refractivity contribution < 1.29 is 5.11 Å². The Morgan fingerprint density at radius 3 is 2.75 bits per heavy atom. The third-order valence-electron chi connectivity index (χ3n) is 1.03. The van der Waals surface area contributed by atoms with Crippen LogP contribution in [0.2, 0.25) is 0 Å². The maximum Gasteiger partial charge on any atom is 0.0693 e. The third kappa shape index (κ3) is 1.08. The summed E-state index contributed by atoms with van der Waals surface area (Å²) >= 11 is 5.01. The molecule has 1 nitrogen and oxygen atoms in total. The molecule has 0 spiro atoms. The SMILES string of the molecule is OCC1=CC=C[PH]1=S. The van der Waals surface area contributed by atoms with Crippen LogP contribution >= 0.6 is 6.70 Å². The van der Waals surface area contributed by atoms with Crippen LogP contribution in [0.25, 0.3) is 0 Å². The molecule has 3 heteroatoms. The second-order valence-corrected chi connectivity index (χ2v) is 4.60. The molecule has 0 saturated heterocycles. The average Bonchev–Trinajstić information content (AvgIpc) is 2.14. The van der Waals surface area contributed by atoms with Crippen molar-refractivity contribution in [3.05, 3.63) is 23.3 Å². The highest BCUT2D eigenvalue weighted by atomic mass is 32.4. The first-order valence-corrected chi connectivity index (χ1v) is 5.08. The zero-order valence-corrected chi connectivity index (χ0v) is 6.11. The molecule has 1 N–H and O–H groups in total. The van der Waals surface area contributed by atoms with Crippen LogP contribution in [0, 0.1) is 0 Å². The van der Waals surface area contributed by atoms with E-state index in [1.807, 2.05) is 18.0 Å². The van der Waals surface area contributed by atoms with Gasteiger partial charge in [0.15, 0.2) is 0 Å². The Hall–Kier alpha value is 0.0900. The lowest BCUT2D eigenvalue weighted by molar-refractivity contribution is 0.339. The Balaban J connectivity index is 2.73. The normalized spacial score (nSPS) is 26.1. The zero-order chi connectivity index (χ0) is 5.98. The first-order valence-electron chi connectivity index (χ1n) is 2.37. The van der Waals surface area contributed by atoms with Gasteiger partial charge in [0.25, 0.3) is 0 Å². The highest BCUT2D eigenvalue weighted by Gasteiger charge is 2.00. The second kappa shape index (κ2) is 2.58. The zero-order valence-electron chi connectivity index (χ0n) is 4.29. The van der Waals surface area contributed by atoms with Crippen molar-refractivity contribution in [2.75, 3.05) is 6.61 Å². The van der Waals surface area contributed by atoms with E-state index < -0.39 is 6.70 Å². The Kier molecular flexibility index (Phi) is 2.01. The Labute approximate surface area is 54.1 Å². The lowest BCUT2D eigenvalue weighted by Gasteiger charge is -1.92. The van der Waals surface area contributed by atoms with Gasteiger partial charge >= 0.3 is 0 Å². The van der Waals surface area contributed by atoms with Crippen LogP contribution in [0.3, 0.4) is 0 Å². The van der Waals surface area contributed by atoms with Gasteiger partial charge in [0.05, 0.1) is 6.61 Å². The van der Waals surface area contributed by atoms with Gasteiger partial charge in [0, 0.05) is 0 Å². The molecule has 0 saturated carbocycles. The quantitative estimate of drug-likeness (QED) is 0.558. The van der Waals surface area contributed by atoms with Crippen LogP contribution in [-0.2, 0) is 11.8 Å². The summed E-state index contributed by atoms with van der Waals surface area (Å²) in [5.41, 5.74) is 0. The van der Waals surface area contributed by atoms with Gasteiger partial charge in [0.1, 0.15) is 0 Å². The Morgan fingerprint density at radius 1 is 1.75 bits per heavy atom. The molecule has 1 unspecified atom stereocenters. The number of aliphatic hydroxyl groups excluding tert-OH is 1. The van der Waals surface area contributed by atoms with Crippen molar-refractivity contribution in [2.45, 2.75) is 0 Å². The van der Waals surface area contributed by atoms with Crippen molar-refractivity contribution in [2.24, 2.45) is 0 Å². The molecule has 1 rings (SSSR count). The van der Waals surface area contributed by atoms with Crippen LogP contribution in [0.1, 0.15) is 0 Å². The highest BCUT2D eigenvalue weighted by Crippen LogP contribution is 2.37. The molecule has 1 heterocycles. The second-order valence-electron chi connectivity index (χ2n) is 1.57. The summed E-state index contributed by atoms with van der Waals surface area (Å²) in [5, 5.41) is 9.62. The van der Waals surface area contributed by atoms with Gasteiger partial charge in [-0.25, -0.2) is 0 Å². The maximum atomic E-state index is 8.59. The fraction of sp³-hybridized carbons (Fsp3) is 0.200. The molecular weight excluding hydrogens is 139 g/mol. The van der Waals surface area contributed by atoms with Crippen LogP contribution in [-0.4, -0.2) is 11.7 Å². The van der Waals surface area contributed by atoms with E-state index in [1.165, 1.54) is 0 Å². The van der Waals surface area contributed by atoms with Gasteiger partial charge in [-0.2, -0.15) is 0 Å². The van der Waals surface area contributed by atoms with E-state index in [1.54, 1.807) is 0 Å². The highest BCUT2D eigenvalue weighted by molar-refractivity contribution is 8.08. The van der Waals surface area contributed by atoms with Crippen molar-refractivity contribution in [3.63, 3.8) is 0 Å². The monoisotopic (exact) mass is 146 g/mol. The van der Waals surface area contributed by atoms with Gasteiger partial charge in [0.2, 0.25) is 0 Å². The van der Waals surface area contributed by atoms with Gasteiger partial charge in [-0.15, -0.1) is 0 Å². The fourth-order valence-electron chi connectivity index (χ4n) is 0.571. The minimum atomic E-state index is -0.833. The molecule has 1 aliphatic heterocycles. The molecule has 44 valence electrons. The van der Waals surface area contributed by atoms with Gasteiger partial charge in [-0.05, 0) is 17.8 Å². The van der Waals surface area contributed by atoms with Crippen molar-refractivity contribution in [1.29, 1.82) is 0 Å². The molecule has 1 atom stereocenters. The number of hydrogen-bond acceptors (Lipinski definition) is 2. The molecule has 0 bridgehead atoms. The summed E-state index contributed by atoms with van der Waals surface area (Å²) in [4.78, 5) is 0. The first kappa shape index (κ1) is 6.21. The van der Waals surface area contributed by atoms with E-state index in [2.05, 4.69) is 0 Å². The van der Waals surface area contributed by atoms with Crippen molar-refractivity contribution >= 4 is 18.5 Å². The van der Waals surface area contributed by atoms with Crippen LogP contribution in [0.5, 0.6) is 0 Å². The number of hydrogen-bond donors (Lipinski definition) is 1. The Bertz CT molecular complexity index is 171. The van der Waals surface area contributed by atoms with E-state index in [0.717, 1.165) is 5.31 Å². The molecule has 0 fully saturated rings. The van der Waals surface area contributed by atoms with E-state index in [0.29, 0.717) is 0 Å². The fourth-order valence-corrected chi connectivity index (χ4v) is 2.11. The summed E-state index contributed by atoms with van der Waals surface area (Å²) in [7, 11) is 0. The lowest BCUT2D eigenvalue weighted by atomic mass is 10.5. The average molecular weight is 146 g/mol. The topological polar surface area (TPSA) is 20.2 Å². The standard InChI is InChI=1S/C5H7OPS/c6-4-5-2-1-3-7(5)8/h1-3,6-7H,4H2. The van der Waals surface area contributed by atoms with E-state index in [9.17, 15) is 0 Å². The van der Waals surface area contributed by atoms with Crippen LogP contribution < -0.4 is 0 Å². The van der Waals surface area contributed by atoms with Crippen molar-refractivity contribution in [1.82, 2.24) is 0 Å². The van der Waals surface area contributed by atoms with Gasteiger partial charge in [-0.1, -0.05) is 24.0 Å². The van der Waals surface area contributed by atoms with Gasteiger partial charge < -0.3 is 5.11 Å². The Morgan fingerprint density at radius 2 is 2.50 bits per heavy atom. The summed E-state index contributed by atoms with van der Waals surface area (Å²) in [6, 6.07) is 0. The van der Waals surface area contributed by atoms with E-state index >= 15 is 0 Å². The van der Waals surface area contributed by atoms with E-state index in [-0.39, 0.29) is 6.61 Å². The summed E-state index contributed by atoms with van der Waals surface area (Å²) in [6.07, 6.45) is 3.83. The minimum absolute atomic E-state index is 0.144. The molecule has 0 aromatic rings. The van der Waals surface area contributed by atoms with Gasteiger partial charge in [-0.3, -0.25) is 0 Å². The number of rotatable bonds is 1. The molecule has 8 heavy (non-hydrogen) atoms. The first-order chi connectivity index (χ1) is 3.84. The molecule has 0 aliphatic carbocycles. The van der Waals surface area contributed by atoms with Crippen molar-refractivity contribution in [3.8, 4) is 0 Å². The summed E-state index contributed by atoms with van der Waals surface area (Å²) < 4.78 is 0. The smallest absolute Gasteiger partial charge is 0.0693 e. The molecule has 0 radical (unpaired) electrons. The molecular formula is C5H7OPS. The van der Waals surface area contributed by atoms with E-state index in [4.69, 9.17) is 16.9 Å². The lowest BCUT2D eigenvalue weighted by Crippen LogP contribution is -1.78. The van der Waals surface area contributed by atoms with Crippen LogP contribution in [0.15, 0.2) is 23.3 Å². The molecule has 0 amide bonds. The largest absolute Gasteiger partial charge is 0.392 e. The summed E-state index contributed by atoms with van der Waals surface area (Å²) in [5.74, 6) is 1.99. The number of allylic oxidation sites excluding steroid dienone is 2. The van der Waals surface area contributed by atoms with Crippen LogP contribution in [0.4, 0.5) is 0 Å². The molecule has 0 aromatic heterocycles. The minimum Gasteiger partial charge on any atom is -0.392 e. The predicted octanol–water partition coefficient (Wildman–Crippen LogP) is 1.07. The third-order valence-corrected chi connectivity index (χ3v) is 3.68. The number of aliphatic hydroxyl groups is 1. The molecule has 0 aromatic carbocycles. The molecule has 1 aliphatic rings. The maximum absolute atomic E-state index is 8.59. The summed E-state index contributed by atoms with van der Waals surface area (Å²) in [6.45, 7) is -0.689.